The molecule has 0 atom stereocenters. The van der Waals surface area contributed by atoms with E-state index in [0.29, 0.717) is 5.56 Å². The van der Waals surface area contributed by atoms with Crippen molar-refractivity contribution in [3.05, 3.63) is 46.0 Å². The van der Waals surface area contributed by atoms with E-state index < -0.39 is 5.97 Å². The predicted octanol–water partition coefficient (Wildman–Crippen LogP) is 2.65. The van der Waals surface area contributed by atoms with Crippen LogP contribution in [0.25, 0.3) is 0 Å². The van der Waals surface area contributed by atoms with Crippen molar-refractivity contribution in [2.75, 3.05) is 13.1 Å². The van der Waals surface area contributed by atoms with Crippen LogP contribution in [0.5, 0.6) is 0 Å². The third kappa shape index (κ3) is 2.96. The molecule has 2 rings (SSSR count). The Morgan fingerprint density at radius 3 is 2.88 bits per heavy atom. The molecule has 1 N–H and O–H groups in total. The summed E-state index contributed by atoms with van der Waals surface area (Å²) in [7, 11) is 0. The molecule has 1 heterocycles. The van der Waals surface area contributed by atoms with Crippen molar-refractivity contribution >= 4 is 21.9 Å². The number of fused-ring (bicyclic) bond motifs is 1. The maximum atomic E-state index is 10.9. The van der Waals surface area contributed by atoms with Crippen LogP contribution in [0, 0.1) is 0 Å². The fourth-order valence-corrected chi connectivity index (χ4v) is 2.48. The molecule has 0 saturated carbocycles. The molecule has 0 spiro atoms. The molecular formula is C13H14BrNO2. The van der Waals surface area contributed by atoms with Gasteiger partial charge in [0.15, 0.2) is 0 Å². The van der Waals surface area contributed by atoms with Crippen LogP contribution in [0.15, 0.2) is 29.3 Å². The minimum absolute atomic E-state index is 0.364. The number of rotatable bonds is 3. The number of halogens is 1. The maximum absolute atomic E-state index is 10.9. The smallest absolute Gasteiger partial charge is 0.335 e. The third-order valence-electron chi connectivity index (χ3n) is 2.94. The lowest BCUT2D eigenvalue weighted by Crippen LogP contribution is -2.31. The SMILES string of the molecule is C=C(Br)CN1CCc2ccc(C(=O)O)cc2C1. The predicted molar refractivity (Wildman–Crippen MR) is 70.4 cm³/mol. The molecular weight excluding hydrogens is 282 g/mol. The highest BCUT2D eigenvalue weighted by Crippen LogP contribution is 2.21. The summed E-state index contributed by atoms with van der Waals surface area (Å²) < 4.78 is 0.954. The Morgan fingerprint density at radius 1 is 1.47 bits per heavy atom. The van der Waals surface area contributed by atoms with Crippen molar-refractivity contribution in [1.82, 2.24) is 4.90 Å². The average molecular weight is 296 g/mol. The molecule has 0 aliphatic carbocycles. The first-order chi connectivity index (χ1) is 8.06. The molecule has 17 heavy (non-hydrogen) atoms. The van der Waals surface area contributed by atoms with Crippen molar-refractivity contribution in [3.8, 4) is 0 Å². The van der Waals surface area contributed by atoms with E-state index in [1.807, 2.05) is 6.07 Å². The average Bonchev–Trinajstić information content (AvgIpc) is 2.27. The molecule has 4 heteroatoms. The van der Waals surface area contributed by atoms with Gasteiger partial charge in [0.05, 0.1) is 5.56 Å². The number of hydrogen-bond acceptors (Lipinski definition) is 2. The van der Waals surface area contributed by atoms with Gasteiger partial charge in [0, 0.05) is 24.1 Å². The van der Waals surface area contributed by atoms with Crippen LogP contribution in [0.2, 0.25) is 0 Å². The maximum Gasteiger partial charge on any atom is 0.335 e. The van der Waals surface area contributed by atoms with Gasteiger partial charge in [-0.2, -0.15) is 0 Å². The molecule has 1 aromatic rings. The summed E-state index contributed by atoms with van der Waals surface area (Å²) in [4.78, 5) is 13.2. The lowest BCUT2D eigenvalue weighted by molar-refractivity contribution is 0.0696. The summed E-state index contributed by atoms with van der Waals surface area (Å²) in [5.74, 6) is -0.866. The molecule has 1 aliphatic rings. The lowest BCUT2D eigenvalue weighted by Gasteiger charge is -2.28. The number of benzene rings is 1. The van der Waals surface area contributed by atoms with Crippen molar-refractivity contribution in [2.24, 2.45) is 0 Å². The number of carboxylic acids is 1. The summed E-state index contributed by atoms with van der Waals surface area (Å²) in [6, 6.07) is 5.39. The van der Waals surface area contributed by atoms with Gasteiger partial charge >= 0.3 is 5.97 Å². The van der Waals surface area contributed by atoms with E-state index in [2.05, 4.69) is 27.4 Å². The van der Waals surface area contributed by atoms with Gasteiger partial charge < -0.3 is 5.11 Å². The first-order valence-electron chi connectivity index (χ1n) is 5.47. The Labute approximate surface area is 109 Å². The largest absolute Gasteiger partial charge is 0.478 e. The number of carboxylic acid groups (broad SMARTS) is 1. The molecule has 1 aromatic carbocycles. The summed E-state index contributed by atoms with van der Waals surface area (Å²) in [5, 5.41) is 8.96. The second-order valence-corrected chi connectivity index (χ2v) is 5.39. The van der Waals surface area contributed by atoms with Gasteiger partial charge in [-0.3, -0.25) is 4.90 Å². The first-order valence-corrected chi connectivity index (χ1v) is 6.26. The minimum atomic E-state index is -0.866. The summed E-state index contributed by atoms with van der Waals surface area (Å²) >= 11 is 3.36. The van der Waals surface area contributed by atoms with E-state index >= 15 is 0 Å². The third-order valence-corrected chi connectivity index (χ3v) is 3.19. The second kappa shape index (κ2) is 5.02. The number of carbonyl (C=O) groups is 1. The van der Waals surface area contributed by atoms with Crippen molar-refractivity contribution in [1.29, 1.82) is 0 Å². The van der Waals surface area contributed by atoms with Crippen molar-refractivity contribution in [2.45, 2.75) is 13.0 Å². The summed E-state index contributed by atoms with van der Waals surface area (Å²) in [6.45, 7) is 6.42. The van der Waals surface area contributed by atoms with Crippen molar-refractivity contribution in [3.63, 3.8) is 0 Å². The lowest BCUT2D eigenvalue weighted by atomic mass is 9.97. The minimum Gasteiger partial charge on any atom is -0.478 e. The van der Waals surface area contributed by atoms with E-state index in [0.717, 1.165) is 36.1 Å². The van der Waals surface area contributed by atoms with Crippen LogP contribution < -0.4 is 0 Å². The normalized spacial score (nSPS) is 15.4. The van der Waals surface area contributed by atoms with Gasteiger partial charge in [0.1, 0.15) is 0 Å². The summed E-state index contributed by atoms with van der Waals surface area (Å²) in [6.07, 6.45) is 0.968. The van der Waals surface area contributed by atoms with Crippen LogP contribution in [0.1, 0.15) is 21.5 Å². The molecule has 1 aliphatic heterocycles. The van der Waals surface area contributed by atoms with Gasteiger partial charge in [-0.1, -0.05) is 28.6 Å². The zero-order chi connectivity index (χ0) is 12.4. The zero-order valence-electron chi connectivity index (χ0n) is 9.45. The van der Waals surface area contributed by atoms with Crippen LogP contribution >= 0.6 is 15.9 Å². The van der Waals surface area contributed by atoms with E-state index in [4.69, 9.17) is 5.11 Å². The van der Waals surface area contributed by atoms with Gasteiger partial charge in [-0.25, -0.2) is 4.79 Å². The number of hydrogen-bond donors (Lipinski definition) is 1. The molecule has 0 aromatic heterocycles. The van der Waals surface area contributed by atoms with Gasteiger partial charge in [0.2, 0.25) is 0 Å². The molecule has 90 valence electrons. The molecule has 0 unspecified atom stereocenters. The number of aromatic carboxylic acids is 1. The highest BCUT2D eigenvalue weighted by molar-refractivity contribution is 9.11. The zero-order valence-corrected chi connectivity index (χ0v) is 11.0. The van der Waals surface area contributed by atoms with Gasteiger partial charge in [-0.05, 0) is 29.7 Å². The van der Waals surface area contributed by atoms with Gasteiger partial charge in [0.25, 0.3) is 0 Å². The Balaban J connectivity index is 2.20. The van der Waals surface area contributed by atoms with E-state index in [-0.39, 0.29) is 0 Å². The van der Waals surface area contributed by atoms with E-state index in [1.165, 1.54) is 5.56 Å². The Bertz CT molecular complexity index is 470. The molecule has 0 amide bonds. The first kappa shape index (κ1) is 12.3. The molecule has 0 fully saturated rings. The standard InChI is InChI=1S/C13H14BrNO2/c1-9(14)7-15-5-4-10-2-3-11(13(16)17)6-12(10)8-15/h2-3,6H,1,4-5,7-8H2,(H,16,17). The fraction of sp³-hybridized carbons (Fsp3) is 0.308. The quantitative estimate of drug-likeness (QED) is 0.932. The highest BCUT2D eigenvalue weighted by atomic mass is 79.9. The van der Waals surface area contributed by atoms with Crippen molar-refractivity contribution < 1.29 is 9.90 Å². The Hall–Kier alpha value is -1.13. The monoisotopic (exact) mass is 295 g/mol. The molecule has 3 nitrogen and oxygen atoms in total. The Kier molecular flexibility index (Phi) is 3.64. The van der Waals surface area contributed by atoms with Crippen LogP contribution in [-0.4, -0.2) is 29.1 Å². The Morgan fingerprint density at radius 2 is 2.24 bits per heavy atom. The van der Waals surface area contributed by atoms with Crippen LogP contribution in [-0.2, 0) is 13.0 Å². The molecule has 0 radical (unpaired) electrons. The fourth-order valence-electron chi connectivity index (χ4n) is 2.13. The van der Waals surface area contributed by atoms with Crippen LogP contribution in [0.3, 0.4) is 0 Å². The second-order valence-electron chi connectivity index (χ2n) is 4.27. The van der Waals surface area contributed by atoms with E-state index in [9.17, 15) is 4.79 Å². The van der Waals surface area contributed by atoms with Gasteiger partial charge in [-0.15, -0.1) is 0 Å². The topological polar surface area (TPSA) is 40.5 Å². The van der Waals surface area contributed by atoms with E-state index in [1.54, 1.807) is 12.1 Å². The molecule has 0 saturated heterocycles. The molecule has 0 bridgehead atoms. The summed E-state index contributed by atoms with van der Waals surface area (Å²) in [5.41, 5.74) is 2.74. The van der Waals surface area contributed by atoms with Crippen LogP contribution in [0.4, 0.5) is 0 Å². The number of nitrogens with zero attached hydrogens (tertiary/aromatic N) is 1. The highest BCUT2D eigenvalue weighted by Gasteiger charge is 2.17.